The molecule has 0 aromatic heterocycles. The Balaban J connectivity index is 1.74. The molecule has 1 saturated heterocycles. The smallest absolute Gasteiger partial charge is 0.323 e. The highest BCUT2D eigenvalue weighted by Gasteiger charge is 2.38. The van der Waals surface area contributed by atoms with Crippen LogP contribution in [0.5, 0.6) is 0 Å². The van der Waals surface area contributed by atoms with Crippen LogP contribution < -0.4 is 5.32 Å². The first-order valence-corrected chi connectivity index (χ1v) is 8.70. The Bertz CT molecular complexity index is 891. The second-order valence-electron chi connectivity index (χ2n) is 6.59. The summed E-state index contributed by atoms with van der Waals surface area (Å²) in [6, 6.07) is 7.63. The van der Waals surface area contributed by atoms with E-state index in [0.29, 0.717) is 0 Å². The molecule has 28 heavy (non-hydrogen) atoms. The molecule has 0 bridgehead atoms. The normalized spacial score (nSPS) is 19.4. The maximum atomic E-state index is 14.0. The van der Waals surface area contributed by atoms with E-state index in [9.17, 15) is 22.8 Å². The molecule has 0 aliphatic carbocycles. The molecule has 148 valence electrons. The van der Waals surface area contributed by atoms with Crippen molar-refractivity contribution in [3.05, 3.63) is 71.0 Å². The van der Waals surface area contributed by atoms with Crippen LogP contribution in [0.4, 0.5) is 13.2 Å². The van der Waals surface area contributed by atoms with Crippen LogP contribution in [-0.4, -0.2) is 42.5 Å². The monoisotopic (exact) mass is 392 g/mol. The van der Waals surface area contributed by atoms with Crippen molar-refractivity contribution in [3.8, 4) is 0 Å². The fourth-order valence-electron chi connectivity index (χ4n) is 3.34. The Morgan fingerprint density at radius 3 is 2.57 bits per heavy atom. The van der Waals surface area contributed by atoms with Crippen molar-refractivity contribution in [2.45, 2.75) is 25.0 Å². The first-order valence-electron chi connectivity index (χ1n) is 8.70. The highest BCUT2D eigenvalue weighted by molar-refractivity contribution is 5.94. The zero-order valence-corrected chi connectivity index (χ0v) is 15.1. The zero-order chi connectivity index (χ0) is 20.3. The summed E-state index contributed by atoms with van der Waals surface area (Å²) in [6.07, 6.45) is 0.232. The van der Waals surface area contributed by atoms with Crippen LogP contribution in [0.15, 0.2) is 42.5 Å². The Kier molecular flexibility index (Phi) is 5.99. The zero-order valence-electron chi connectivity index (χ0n) is 15.1. The van der Waals surface area contributed by atoms with Crippen LogP contribution in [0, 0.1) is 17.5 Å². The first kappa shape index (κ1) is 19.9. The van der Waals surface area contributed by atoms with Crippen LogP contribution >= 0.6 is 0 Å². The molecular weight excluding hydrogens is 373 g/mol. The van der Waals surface area contributed by atoms with Crippen LogP contribution in [0.1, 0.15) is 22.3 Å². The number of ether oxygens (including phenoxy) is 1. The number of nitrogens with one attached hydrogen (secondary N) is 1. The molecular formula is C20H19F3N2O3. The molecule has 0 spiro atoms. The van der Waals surface area contributed by atoms with E-state index in [1.165, 1.54) is 31.4 Å². The van der Waals surface area contributed by atoms with Gasteiger partial charge in [-0.1, -0.05) is 18.2 Å². The molecule has 0 radical (unpaired) electrons. The van der Waals surface area contributed by atoms with Crippen molar-refractivity contribution in [3.63, 3.8) is 0 Å². The van der Waals surface area contributed by atoms with E-state index in [1.807, 2.05) is 0 Å². The third kappa shape index (κ3) is 4.33. The summed E-state index contributed by atoms with van der Waals surface area (Å²) in [7, 11) is 1.24. The summed E-state index contributed by atoms with van der Waals surface area (Å²) in [5.74, 6) is -3.18. The lowest BCUT2D eigenvalue weighted by molar-refractivity contribution is -0.146. The Morgan fingerprint density at radius 1 is 1.14 bits per heavy atom. The van der Waals surface area contributed by atoms with Gasteiger partial charge < -0.3 is 10.1 Å². The summed E-state index contributed by atoms with van der Waals surface area (Å²) in [5, 5.41) is 2.70. The number of hydrogen-bond donors (Lipinski definition) is 1. The minimum atomic E-state index is -0.720. The van der Waals surface area contributed by atoms with Crippen molar-refractivity contribution in [2.75, 3.05) is 13.7 Å². The molecule has 1 N–H and O–H groups in total. The quantitative estimate of drug-likeness (QED) is 0.795. The Hall–Kier alpha value is -2.87. The van der Waals surface area contributed by atoms with E-state index in [-0.39, 0.29) is 30.6 Å². The molecule has 1 aliphatic rings. The first-order chi connectivity index (χ1) is 13.4. The topological polar surface area (TPSA) is 58.6 Å². The van der Waals surface area contributed by atoms with E-state index < -0.39 is 41.4 Å². The summed E-state index contributed by atoms with van der Waals surface area (Å²) >= 11 is 0. The Labute approximate surface area is 160 Å². The lowest BCUT2D eigenvalue weighted by atomic mass is 10.1. The van der Waals surface area contributed by atoms with Crippen LogP contribution in [-0.2, 0) is 16.1 Å². The number of carbonyl (C=O) groups excluding carboxylic acids is 2. The van der Waals surface area contributed by atoms with Crippen molar-refractivity contribution in [1.29, 1.82) is 0 Å². The maximum Gasteiger partial charge on any atom is 0.323 e. The van der Waals surface area contributed by atoms with Crippen molar-refractivity contribution < 1.29 is 27.5 Å². The third-order valence-electron chi connectivity index (χ3n) is 4.72. The van der Waals surface area contributed by atoms with Gasteiger partial charge in [-0.2, -0.15) is 0 Å². The number of carbonyl (C=O) groups is 2. The second-order valence-corrected chi connectivity index (χ2v) is 6.59. The summed E-state index contributed by atoms with van der Waals surface area (Å²) in [5.41, 5.74) is 0.122. The fraction of sp³-hybridized carbons (Fsp3) is 0.300. The summed E-state index contributed by atoms with van der Waals surface area (Å²) in [4.78, 5) is 26.1. The number of nitrogens with zero attached hydrogens (tertiary/aromatic N) is 1. The van der Waals surface area contributed by atoms with Gasteiger partial charge in [-0.05, 0) is 24.6 Å². The molecule has 1 aliphatic heterocycles. The third-order valence-corrected chi connectivity index (χ3v) is 4.72. The van der Waals surface area contributed by atoms with Gasteiger partial charge in [0.05, 0.1) is 12.7 Å². The molecule has 1 amide bonds. The van der Waals surface area contributed by atoms with E-state index in [4.69, 9.17) is 4.74 Å². The minimum Gasteiger partial charge on any atom is -0.468 e. The molecule has 2 aromatic carbocycles. The van der Waals surface area contributed by atoms with Gasteiger partial charge in [0.15, 0.2) is 0 Å². The largest absolute Gasteiger partial charge is 0.468 e. The SMILES string of the molecule is COC(=O)[C@@H]1C[C@H](NC(=O)c2ccccc2F)CN1Cc1ccc(F)cc1F. The standard InChI is InChI=1S/C20H19F3N2O3/c1-28-20(27)18-9-14(24-19(26)15-4-2-3-5-16(15)22)11-25(18)10-12-6-7-13(21)8-17(12)23/h2-8,14,18H,9-11H2,1H3,(H,24,26)/t14-,18-/m0/s1. The molecule has 5 nitrogen and oxygen atoms in total. The predicted molar refractivity (Wildman–Crippen MR) is 94.8 cm³/mol. The molecule has 2 atom stereocenters. The van der Waals surface area contributed by atoms with Gasteiger partial charge in [-0.15, -0.1) is 0 Å². The molecule has 0 unspecified atom stereocenters. The van der Waals surface area contributed by atoms with Crippen LogP contribution in [0.3, 0.4) is 0 Å². The molecule has 8 heteroatoms. The molecule has 1 heterocycles. The van der Waals surface area contributed by atoms with Gasteiger partial charge in [0, 0.05) is 30.8 Å². The maximum absolute atomic E-state index is 14.0. The van der Waals surface area contributed by atoms with Crippen molar-refractivity contribution in [2.24, 2.45) is 0 Å². The molecule has 1 fully saturated rings. The van der Waals surface area contributed by atoms with Gasteiger partial charge in [-0.25, -0.2) is 13.2 Å². The van der Waals surface area contributed by atoms with E-state index in [2.05, 4.69) is 5.32 Å². The van der Waals surface area contributed by atoms with E-state index >= 15 is 0 Å². The summed E-state index contributed by atoms with van der Waals surface area (Å²) < 4.78 is 45.7. The average Bonchev–Trinajstić information content (AvgIpc) is 3.06. The molecule has 3 rings (SSSR count). The molecule has 2 aromatic rings. The predicted octanol–water partition coefficient (Wildman–Crippen LogP) is 2.65. The average molecular weight is 392 g/mol. The number of halogens is 3. The summed E-state index contributed by atoms with van der Waals surface area (Å²) in [6.45, 7) is 0.273. The minimum absolute atomic E-state index is 0.0396. The number of benzene rings is 2. The van der Waals surface area contributed by atoms with Crippen LogP contribution in [0.25, 0.3) is 0 Å². The highest BCUT2D eigenvalue weighted by Crippen LogP contribution is 2.23. The molecule has 0 saturated carbocycles. The lowest BCUT2D eigenvalue weighted by Gasteiger charge is -2.22. The van der Waals surface area contributed by atoms with Gasteiger partial charge in [0.2, 0.25) is 0 Å². The number of rotatable bonds is 5. The number of amides is 1. The van der Waals surface area contributed by atoms with E-state index in [1.54, 1.807) is 11.0 Å². The lowest BCUT2D eigenvalue weighted by Crippen LogP contribution is -2.38. The number of esters is 1. The number of hydrogen-bond acceptors (Lipinski definition) is 4. The van der Waals surface area contributed by atoms with Gasteiger partial charge in [-0.3, -0.25) is 14.5 Å². The highest BCUT2D eigenvalue weighted by atomic mass is 19.1. The number of likely N-dealkylation sites (tertiary alicyclic amines) is 1. The van der Waals surface area contributed by atoms with Crippen molar-refractivity contribution >= 4 is 11.9 Å². The van der Waals surface area contributed by atoms with Crippen LogP contribution in [0.2, 0.25) is 0 Å². The van der Waals surface area contributed by atoms with Crippen molar-refractivity contribution in [1.82, 2.24) is 10.2 Å². The van der Waals surface area contributed by atoms with Gasteiger partial charge in [0.1, 0.15) is 23.5 Å². The number of methoxy groups -OCH3 is 1. The van der Waals surface area contributed by atoms with E-state index in [0.717, 1.165) is 12.1 Å². The second kappa shape index (κ2) is 8.43. The fourth-order valence-corrected chi connectivity index (χ4v) is 3.34. The van der Waals surface area contributed by atoms with Gasteiger partial charge in [0.25, 0.3) is 5.91 Å². The van der Waals surface area contributed by atoms with Gasteiger partial charge >= 0.3 is 5.97 Å². The Morgan fingerprint density at radius 2 is 1.89 bits per heavy atom.